The van der Waals surface area contributed by atoms with Gasteiger partial charge in [-0.15, -0.1) is 0 Å². The summed E-state index contributed by atoms with van der Waals surface area (Å²) in [4.78, 5) is 18.1. The van der Waals surface area contributed by atoms with Crippen molar-refractivity contribution in [3.05, 3.63) is 0 Å². The van der Waals surface area contributed by atoms with Crippen LogP contribution in [-0.2, 0) is 0 Å². The van der Waals surface area contributed by atoms with E-state index in [1.165, 1.54) is 6.54 Å². The molecule has 19 heavy (non-hydrogen) atoms. The number of hydrogen-bond acceptors (Lipinski definition) is 3. The summed E-state index contributed by atoms with van der Waals surface area (Å²) in [5, 5.41) is 0. The maximum Gasteiger partial charge on any atom is 0.319 e. The fourth-order valence-electron chi connectivity index (χ4n) is 3.45. The number of rotatable bonds is 1. The van der Waals surface area contributed by atoms with Gasteiger partial charge < -0.3 is 15.5 Å². The SMILES string of the molecule is CC1CC(N)CN(C2CCN(C(=O)N(C)C)CC2)C1. The molecule has 0 radical (unpaired) electrons. The first kappa shape index (κ1) is 14.6. The fraction of sp³-hybridized carbons (Fsp3) is 0.929. The third kappa shape index (κ3) is 3.60. The largest absolute Gasteiger partial charge is 0.331 e. The lowest BCUT2D eigenvalue weighted by atomic mass is 9.93. The van der Waals surface area contributed by atoms with E-state index >= 15 is 0 Å². The zero-order chi connectivity index (χ0) is 14.0. The number of hydrogen-bond donors (Lipinski definition) is 1. The van der Waals surface area contributed by atoms with Gasteiger partial charge in [-0.05, 0) is 25.2 Å². The van der Waals surface area contributed by atoms with Gasteiger partial charge in [0.25, 0.3) is 0 Å². The summed E-state index contributed by atoms with van der Waals surface area (Å²) in [6, 6.07) is 1.08. The predicted octanol–water partition coefficient (Wildman–Crippen LogP) is 0.802. The van der Waals surface area contributed by atoms with Crippen molar-refractivity contribution in [2.75, 3.05) is 40.3 Å². The Bertz CT molecular complexity index is 303. The molecule has 0 aromatic heterocycles. The van der Waals surface area contributed by atoms with Crippen molar-refractivity contribution < 1.29 is 4.79 Å². The molecular formula is C14H28N4O. The van der Waals surface area contributed by atoms with Crippen LogP contribution in [0.1, 0.15) is 26.2 Å². The number of likely N-dealkylation sites (tertiary alicyclic amines) is 2. The predicted molar refractivity (Wildman–Crippen MR) is 77.0 cm³/mol. The zero-order valence-corrected chi connectivity index (χ0v) is 12.5. The van der Waals surface area contributed by atoms with E-state index in [2.05, 4.69) is 11.8 Å². The molecular weight excluding hydrogens is 240 g/mol. The van der Waals surface area contributed by atoms with Gasteiger partial charge in [0.15, 0.2) is 0 Å². The molecule has 0 saturated carbocycles. The minimum Gasteiger partial charge on any atom is -0.331 e. The molecule has 2 rings (SSSR count). The van der Waals surface area contributed by atoms with Gasteiger partial charge in [-0.3, -0.25) is 4.90 Å². The van der Waals surface area contributed by atoms with Crippen molar-refractivity contribution in [1.82, 2.24) is 14.7 Å². The Morgan fingerprint density at radius 1 is 1.21 bits per heavy atom. The second kappa shape index (κ2) is 6.09. The number of amides is 2. The number of urea groups is 1. The fourth-order valence-corrected chi connectivity index (χ4v) is 3.45. The van der Waals surface area contributed by atoms with Gasteiger partial charge in [0.1, 0.15) is 0 Å². The molecule has 2 unspecified atom stereocenters. The van der Waals surface area contributed by atoms with Crippen LogP contribution >= 0.6 is 0 Å². The topological polar surface area (TPSA) is 52.8 Å². The Balaban J connectivity index is 1.84. The Morgan fingerprint density at radius 3 is 2.37 bits per heavy atom. The van der Waals surface area contributed by atoms with Crippen LogP contribution in [0.2, 0.25) is 0 Å². The maximum absolute atomic E-state index is 11.9. The average molecular weight is 268 g/mol. The van der Waals surface area contributed by atoms with Crippen LogP contribution in [0.15, 0.2) is 0 Å². The van der Waals surface area contributed by atoms with Crippen LogP contribution < -0.4 is 5.73 Å². The van der Waals surface area contributed by atoms with Crippen molar-refractivity contribution in [3.8, 4) is 0 Å². The van der Waals surface area contributed by atoms with Crippen LogP contribution in [0.25, 0.3) is 0 Å². The standard InChI is InChI=1S/C14H28N4O/c1-11-8-12(15)10-18(9-11)13-4-6-17(7-5-13)14(19)16(2)3/h11-13H,4-10,15H2,1-3H3. The highest BCUT2D eigenvalue weighted by molar-refractivity contribution is 5.73. The second-order valence-corrected chi connectivity index (χ2v) is 6.45. The molecule has 2 aliphatic rings. The quantitative estimate of drug-likeness (QED) is 0.765. The number of nitrogens with two attached hydrogens (primary N) is 1. The summed E-state index contributed by atoms with van der Waals surface area (Å²) in [5.74, 6) is 0.699. The zero-order valence-electron chi connectivity index (χ0n) is 12.5. The first-order valence-corrected chi connectivity index (χ1v) is 7.43. The van der Waals surface area contributed by atoms with E-state index in [4.69, 9.17) is 5.73 Å². The van der Waals surface area contributed by atoms with E-state index in [1.807, 2.05) is 19.0 Å². The molecule has 2 amide bonds. The number of carbonyl (C=O) groups excluding carboxylic acids is 1. The number of nitrogens with zero attached hydrogens (tertiary/aromatic N) is 3. The Morgan fingerprint density at radius 2 is 1.84 bits per heavy atom. The smallest absolute Gasteiger partial charge is 0.319 e. The highest BCUT2D eigenvalue weighted by atomic mass is 16.2. The lowest BCUT2D eigenvalue weighted by molar-refractivity contribution is 0.0706. The molecule has 2 fully saturated rings. The minimum absolute atomic E-state index is 0.141. The maximum atomic E-state index is 11.9. The molecule has 0 aromatic rings. The van der Waals surface area contributed by atoms with E-state index in [-0.39, 0.29) is 6.03 Å². The van der Waals surface area contributed by atoms with Crippen LogP contribution in [0.4, 0.5) is 4.79 Å². The van der Waals surface area contributed by atoms with Crippen LogP contribution in [0, 0.1) is 5.92 Å². The van der Waals surface area contributed by atoms with Gasteiger partial charge >= 0.3 is 6.03 Å². The van der Waals surface area contributed by atoms with E-state index < -0.39 is 0 Å². The third-order valence-corrected chi connectivity index (χ3v) is 4.35. The van der Waals surface area contributed by atoms with Crippen LogP contribution in [-0.4, -0.2) is 73.1 Å². The van der Waals surface area contributed by atoms with Crippen molar-refractivity contribution in [3.63, 3.8) is 0 Å². The van der Waals surface area contributed by atoms with Crippen molar-refractivity contribution in [1.29, 1.82) is 0 Å². The van der Waals surface area contributed by atoms with Gasteiger partial charge in [0.05, 0.1) is 0 Å². The second-order valence-electron chi connectivity index (χ2n) is 6.45. The molecule has 2 N–H and O–H groups in total. The normalized spacial score (nSPS) is 30.4. The van der Waals surface area contributed by atoms with Crippen molar-refractivity contribution >= 4 is 6.03 Å². The van der Waals surface area contributed by atoms with E-state index in [9.17, 15) is 4.79 Å². The van der Waals surface area contributed by atoms with Crippen LogP contribution in [0.5, 0.6) is 0 Å². The number of piperidine rings is 2. The van der Waals surface area contributed by atoms with Gasteiger partial charge in [0, 0.05) is 52.4 Å². The first-order chi connectivity index (χ1) is 8.97. The van der Waals surface area contributed by atoms with Crippen molar-refractivity contribution in [2.45, 2.75) is 38.3 Å². The third-order valence-electron chi connectivity index (χ3n) is 4.35. The lowest BCUT2D eigenvalue weighted by Gasteiger charge is -2.43. The molecule has 5 heteroatoms. The summed E-state index contributed by atoms with van der Waals surface area (Å²) >= 11 is 0. The summed E-state index contributed by atoms with van der Waals surface area (Å²) in [6.07, 6.45) is 3.31. The minimum atomic E-state index is 0.141. The highest BCUT2D eigenvalue weighted by Crippen LogP contribution is 2.23. The molecule has 0 aromatic carbocycles. The van der Waals surface area contributed by atoms with Crippen LogP contribution in [0.3, 0.4) is 0 Å². The molecule has 110 valence electrons. The molecule has 5 nitrogen and oxygen atoms in total. The molecule has 2 atom stereocenters. The lowest BCUT2D eigenvalue weighted by Crippen LogP contribution is -2.54. The monoisotopic (exact) mass is 268 g/mol. The molecule has 2 aliphatic heterocycles. The average Bonchev–Trinajstić information content (AvgIpc) is 2.37. The Labute approximate surface area is 116 Å². The molecule has 0 spiro atoms. The summed E-state index contributed by atoms with van der Waals surface area (Å²) < 4.78 is 0. The number of carbonyl (C=O) groups is 1. The van der Waals surface area contributed by atoms with E-state index in [0.717, 1.165) is 38.9 Å². The summed E-state index contributed by atoms with van der Waals surface area (Å²) in [5.41, 5.74) is 6.12. The molecule has 0 bridgehead atoms. The Hall–Kier alpha value is -0.810. The van der Waals surface area contributed by atoms with Crippen molar-refractivity contribution in [2.24, 2.45) is 11.7 Å². The van der Waals surface area contributed by atoms with Gasteiger partial charge in [0.2, 0.25) is 0 Å². The molecule has 2 saturated heterocycles. The Kier molecular flexibility index (Phi) is 4.68. The van der Waals surface area contributed by atoms with Gasteiger partial charge in [-0.2, -0.15) is 0 Å². The first-order valence-electron chi connectivity index (χ1n) is 7.43. The highest BCUT2D eigenvalue weighted by Gasteiger charge is 2.31. The van der Waals surface area contributed by atoms with Gasteiger partial charge in [-0.1, -0.05) is 6.92 Å². The van der Waals surface area contributed by atoms with Gasteiger partial charge in [-0.25, -0.2) is 4.79 Å². The van der Waals surface area contributed by atoms with E-state index in [0.29, 0.717) is 18.0 Å². The summed E-state index contributed by atoms with van der Waals surface area (Å²) in [6.45, 7) is 6.23. The molecule has 2 heterocycles. The van der Waals surface area contributed by atoms with E-state index in [1.54, 1.807) is 4.90 Å². The molecule has 0 aliphatic carbocycles. The summed E-state index contributed by atoms with van der Waals surface area (Å²) in [7, 11) is 3.64.